The minimum Gasteiger partial charge on any atom is -0.497 e. The third-order valence-electron chi connectivity index (χ3n) is 2.94. The highest BCUT2D eigenvalue weighted by molar-refractivity contribution is 5.84. The first-order chi connectivity index (χ1) is 9.22. The fourth-order valence-corrected chi connectivity index (χ4v) is 1.89. The molecule has 0 saturated heterocycles. The lowest BCUT2D eigenvalue weighted by molar-refractivity contribution is -0.139. The van der Waals surface area contributed by atoms with Crippen molar-refractivity contribution in [3.63, 3.8) is 0 Å². The Kier molecular flexibility index (Phi) is 4.36. The molecule has 4 heteroatoms. The summed E-state index contributed by atoms with van der Waals surface area (Å²) in [5.41, 5.74) is 1.13. The lowest BCUT2D eigenvalue weighted by Crippen LogP contribution is -2.23. The average Bonchev–Trinajstić information content (AvgIpc) is 2.46. The second kappa shape index (κ2) is 6.20. The molecule has 0 aliphatic rings. The number of methoxy groups -OCH3 is 2. The maximum Gasteiger partial charge on any atom is 0.319 e. The van der Waals surface area contributed by atoms with Crippen LogP contribution in [0.5, 0.6) is 5.75 Å². The smallest absolute Gasteiger partial charge is 0.319 e. The molecule has 2 aromatic rings. The molecule has 0 spiro atoms. The fourth-order valence-electron chi connectivity index (χ4n) is 1.89. The summed E-state index contributed by atoms with van der Waals surface area (Å²) in [6, 6.07) is 12.1. The van der Waals surface area contributed by atoms with Crippen LogP contribution >= 0.6 is 0 Å². The molecule has 2 aromatic carbocycles. The summed E-state index contributed by atoms with van der Waals surface area (Å²) < 4.78 is 9.76. The van der Waals surface area contributed by atoms with Crippen molar-refractivity contribution in [1.29, 1.82) is 0 Å². The molecule has 2 rings (SSSR count). The van der Waals surface area contributed by atoms with E-state index < -0.39 is 0 Å². The Hall–Kier alpha value is -2.07. The molecular weight excluding hydrogens is 242 g/mol. The van der Waals surface area contributed by atoms with E-state index in [2.05, 4.69) is 16.1 Å². The molecule has 1 N–H and O–H groups in total. The highest BCUT2D eigenvalue weighted by atomic mass is 16.5. The quantitative estimate of drug-likeness (QED) is 0.835. The number of rotatable bonds is 5. The Balaban J connectivity index is 2.07. The van der Waals surface area contributed by atoms with Crippen molar-refractivity contribution in [2.75, 3.05) is 20.8 Å². The summed E-state index contributed by atoms with van der Waals surface area (Å²) in [4.78, 5) is 11.0. The molecule has 100 valence electrons. The van der Waals surface area contributed by atoms with Crippen LogP contribution in [0.15, 0.2) is 36.4 Å². The van der Waals surface area contributed by atoms with Crippen molar-refractivity contribution < 1.29 is 14.3 Å². The summed E-state index contributed by atoms with van der Waals surface area (Å²) in [5, 5.41) is 5.33. The predicted molar refractivity (Wildman–Crippen MR) is 74.2 cm³/mol. The van der Waals surface area contributed by atoms with E-state index in [0.29, 0.717) is 6.54 Å². The molecule has 0 amide bonds. The maximum absolute atomic E-state index is 11.0. The Labute approximate surface area is 112 Å². The van der Waals surface area contributed by atoms with Crippen molar-refractivity contribution in [2.45, 2.75) is 6.54 Å². The number of nitrogens with one attached hydrogen (secondary N) is 1. The van der Waals surface area contributed by atoms with Gasteiger partial charge in [-0.3, -0.25) is 4.79 Å². The van der Waals surface area contributed by atoms with E-state index in [0.717, 1.165) is 22.1 Å². The molecule has 0 aliphatic heterocycles. The second-order valence-electron chi connectivity index (χ2n) is 4.23. The first-order valence-corrected chi connectivity index (χ1v) is 6.07. The van der Waals surface area contributed by atoms with Gasteiger partial charge in [-0.15, -0.1) is 0 Å². The topological polar surface area (TPSA) is 47.6 Å². The van der Waals surface area contributed by atoms with E-state index in [-0.39, 0.29) is 12.5 Å². The van der Waals surface area contributed by atoms with Gasteiger partial charge >= 0.3 is 5.97 Å². The monoisotopic (exact) mass is 259 g/mol. The van der Waals surface area contributed by atoms with E-state index in [4.69, 9.17) is 4.74 Å². The third kappa shape index (κ3) is 3.45. The molecule has 4 nitrogen and oxygen atoms in total. The van der Waals surface area contributed by atoms with E-state index in [9.17, 15) is 4.79 Å². The zero-order valence-electron chi connectivity index (χ0n) is 11.1. The summed E-state index contributed by atoms with van der Waals surface area (Å²) in [7, 11) is 3.04. The highest BCUT2D eigenvalue weighted by Gasteiger charge is 2.01. The van der Waals surface area contributed by atoms with E-state index >= 15 is 0 Å². The highest BCUT2D eigenvalue weighted by Crippen LogP contribution is 2.21. The van der Waals surface area contributed by atoms with Crippen molar-refractivity contribution >= 4 is 16.7 Å². The lowest BCUT2D eigenvalue weighted by Gasteiger charge is -2.06. The van der Waals surface area contributed by atoms with Crippen LogP contribution in [0.2, 0.25) is 0 Å². The number of esters is 1. The summed E-state index contributed by atoms with van der Waals surface area (Å²) in [6.07, 6.45) is 0. The normalized spacial score (nSPS) is 10.4. The first-order valence-electron chi connectivity index (χ1n) is 6.07. The van der Waals surface area contributed by atoms with Gasteiger partial charge in [0.05, 0.1) is 20.8 Å². The molecule has 0 unspecified atom stereocenters. The Bertz CT molecular complexity index is 581. The van der Waals surface area contributed by atoms with Crippen LogP contribution in [-0.2, 0) is 16.1 Å². The molecule has 0 saturated carbocycles. The molecule has 0 fully saturated rings. The van der Waals surface area contributed by atoms with Gasteiger partial charge < -0.3 is 14.8 Å². The Morgan fingerprint density at radius 3 is 2.58 bits per heavy atom. The summed E-state index contributed by atoms with van der Waals surface area (Å²) in [5.74, 6) is 0.592. The minimum atomic E-state index is -0.259. The minimum absolute atomic E-state index is 0.219. The number of carbonyl (C=O) groups is 1. The van der Waals surface area contributed by atoms with Crippen molar-refractivity contribution in [3.05, 3.63) is 42.0 Å². The standard InChI is InChI=1S/C15H17NO3/c1-18-14-6-5-12-7-11(3-4-13(12)8-14)9-16-10-15(17)19-2/h3-8,16H,9-10H2,1-2H3. The molecule has 0 heterocycles. The van der Waals surface area contributed by atoms with Gasteiger partial charge in [0.1, 0.15) is 5.75 Å². The molecule has 0 atom stereocenters. The van der Waals surface area contributed by atoms with Gasteiger partial charge in [-0.1, -0.05) is 18.2 Å². The SMILES string of the molecule is COC(=O)CNCc1ccc2cc(OC)ccc2c1. The maximum atomic E-state index is 11.0. The lowest BCUT2D eigenvalue weighted by atomic mass is 10.1. The average molecular weight is 259 g/mol. The zero-order chi connectivity index (χ0) is 13.7. The first kappa shape index (κ1) is 13.4. The number of hydrogen-bond donors (Lipinski definition) is 1. The molecule has 0 aliphatic carbocycles. The van der Waals surface area contributed by atoms with E-state index in [1.165, 1.54) is 7.11 Å². The summed E-state index contributed by atoms with van der Waals surface area (Å²) in [6.45, 7) is 0.855. The van der Waals surface area contributed by atoms with Gasteiger partial charge in [0, 0.05) is 6.54 Å². The van der Waals surface area contributed by atoms with Crippen LogP contribution in [0, 0.1) is 0 Å². The van der Waals surface area contributed by atoms with Crippen molar-refractivity contribution in [1.82, 2.24) is 5.32 Å². The van der Waals surface area contributed by atoms with Gasteiger partial charge in [-0.05, 0) is 34.5 Å². The molecular formula is C15H17NO3. The van der Waals surface area contributed by atoms with Crippen LogP contribution in [0.1, 0.15) is 5.56 Å². The molecule has 0 aromatic heterocycles. The molecule has 0 radical (unpaired) electrons. The van der Waals surface area contributed by atoms with E-state index in [1.807, 2.05) is 30.3 Å². The van der Waals surface area contributed by atoms with Crippen LogP contribution in [-0.4, -0.2) is 26.7 Å². The third-order valence-corrected chi connectivity index (χ3v) is 2.94. The number of hydrogen-bond acceptors (Lipinski definition) is 4. The number of fused-ring (bicyclic) bond motifs is 1. The van der Waals surface area contributed by atoms with Gasteiger partial charge in [0.15, 0.2) is 0 Å². The Morgan fingerprint density at radius 2 is 1.84 bits per heavy atom. The summed E-state index contributed by atoms with van der Waals surface area (Å²) >= 11 is 0. The fraction of sp³-hybridized carbons (Fsp3) is 0.267. The van der Waals surface area contributed by atoms with Crippen LogP contribution in [0.25, 0.3) is 10.8 Å². The van der Waals surface area contributed by atoms with Gasteiger partial charge in [-0.25, -0.2) is 0 Å². The van der Waals surface area contributed by atoms with Crippen molar-refractivity contribution in [3.8, 4) is 5.75 Å². The van der Waals surface area contributed by atoms with Crippen LogP contribution in [0.4, 0.5) is 0 Å². The largest absolute Gasteiger partial charge is 0.497 e. The van der Waals surface area contributed by atoms with Crippen LogP contribution < -0.4 is 10.1 Å². The van der Waals surface area contributed by atoms with Gasteiger partial charge in [0.25, 0.3) is 0 Å². The van der Waals surface area contributed by atoms with E-state index in [1.54, 1.807) is 7.11 Å². The Morgan fingerprint density at radius 1 is 1.11 bits per heavy atom. The zero-order valence-corrected chi connectivity index (χ0v) is 11.1. The molecule has 0 bridgehead atoms. The number of benzene rings is 2. The molecule has 19 heavy (non-hydrogen) atoms. The van der Waals surface area contributed by atoms with Crippen molar-refractivity contribution in [2.24, 2.45) is 0 Å². The van der Waals surface area contributed by atoms with Gasteiger partial charge in [-0.2, -0.15) is 0 Å². The van der Waals surface area contributed by atoms with Gasteiger partial charge in [0.2, 0.25) is 0 Å². The van der Waals surface area contributed by atoms with Crippen LogP contribution in [0.3, 0.4) is 0 Å². The number of ether oxygens (including phenoxy) is 2. The second-order valence-corrected chi connectivity index (χ2v) is 4.23. The number of carbonyl (C=O) groups excluding carboxylic acids is 1. The predicted octanol–water partition coefficient (Wildman–Crippen LogP) is 2.11.